The maximum absolute atomic E-state index is 12.2. The predicted octanol–water partition coefficient (Wildman–Crippen LogP) is 1.88. The highest BCUT2D eigenvalue weighted by atomic mass is 35.5. The van der Waals surface area contributed by atoms with Crippen molar-refractivity contribution >= 4 is 27.4 Å². The standard InChI is InChI=1S/C15H20ClNO4S/c1-15(2,3)21-14(18)10-11(17)9-13(16)22(19,20)12-7-5-4-6-8-12/h4-9,11H,10,17H2,1-3H3/p+1/b13-9+/t11-/m1/s1. The van der Waals surface area contributed by atoms with E-state index >= 15 is 0 Å². The van der Waals surface area contributed by atoms with E-state index in [2.05, 4.69) is 5.73 Å². The molecule has 5 nitrogen and oxygen atoms in total. The second-order valence-electron chi connectivity index (χ2n) is 5.84. The normalized spacial score (nSPS) is 14.5. The molecule has 0 heterocycles. The lowest BCUT2D eigenvalue weighted by molar-refractivity contribution is -0.402. The fourth-order valence-corrected chi connectivity index (χ4v) is 3.20. The molecule has 1 aromatic carbocycles. The van der Waals surface area contributed by atoms with Gasteiger partial charge in [-0.2, -0.15) is 0 Å². The summed E-state index contributed by atoms with van der Waals surface area (Å²) < 4.78 is 29.3. The summed E-state index contributed by atoms with van der Waals surface area (Å²) >= 11 is 5.90. The molecule has 0 saturated heterocycles. The average molecular weight is 347 g/mol. The first-order chi connectivity index (χ1) is 10.0. The van der Waals surface area contributed by atoms with Gasteiger partial charge in [0.2, 0.25) is 9.84 Å². The number of carbonyl (C=O) groups is 1. The van der Waals surface area contributed by atoms with E-state index in [-0.39, 0.29) is 15.7 Å². The molecule has 1 atom stereocenters. The number of hydrogen-bond donors (Lipinski definition) is 1. The largest absolute Gasteiger partial charge is 0.460 e. The zero-order valence-electron chi connectivity index (χ0n) is 12.9. The summed E-state index contributed by atoms with van der Waals surface area (Å²) in [7, 11) is -3.77. The van der Waals surface area contributed by atoms with Crippen LogP contribution in [0.3, 0.4) is 0 Å². The number of halogens is 1. The van der Waals surface area contributed by atoms with Gasteiger partial charge >= 0.3 is 5.97 Å². The van der Waals surface area contributed by atoms with Crippen molar-refractivity contribution in [1.29, 1.82) is 0 Å². The third kappa shape index (κ3) is 5.79. The lowest BCUT2D eigenvalue weighted by Crippen LogP contribution is -2.60. The van der Waals surface area contributed by atoms with Crippen LogP contribution in [0.5, 0.6) is 0 Å². The number of rotatable bonds is 5. The van der Waals surface area contributed by atoms with Crippen LogP contribution in [0.25, 0.3) is 0 Å². The van der Waals surface area contributed by atoms with Crippen molar-refractivity contribution in [2.24, 2.45) is 0 Å². The molecule has 0 aliphatic carbocycles. The van der Waals surface area contributed by atoms with E-state index in [0.29, 0.717) is 0 Å². The van der Waals surface area contributed by atoms with Gasteiger partial charge in [-0.25, -0.2) is 8.42 Å². The Morgan fingerprint density at radius 3 is 2.36 bits per heavy atom. The second kappa shape index (κ2) is 7.26. The first-order valence-electron chi connectivity index (χ1n) is 6.75. The van der Waals surface area contributed by atoms with Crippen LogP contribution >= 0.6 is 11.6 Å². The molecule has 0 bridgehead atoms. The third-order valence-electron chi connectivity index (χ3n) is 2.53. The molecule has 7 heteroatoms. The summed E-state index contributed by atoms with van der Waals surface area (Å²) in [6.45, 7) is 5.27. The van der Waals surface area contributed by atoms with Gasteiger partial charge in [-0.05, 0) is 32.9 Å². The van der Waals surface area contributed by atoms with Gasteiger partial charge in [-0.1, -0.05) is 29.8 Å². The van der Waals surface area contributed by atoms with Gasteiger partial charge in [-0.15, -0.1) is 0 Å². The topological polar surface area (TPSA) is 88.1 Å². The van der Waals surface area contributed by atoms with Crippen LogP contribution in [0.2, 0.25) is 0 Å². The molecule has 1 aromatic rings. The minimum Gasteiger partial charge on any atom is -0.460 e. The Morgan fingerprint density at radius 2 is 1.86 bits per heavy atom. The number of esters is 1. The van der Waals surface area contributed by atoms with Crippen molar-refractivity contribution in [3.63, 3.8) is 0 Å². The van der Waals surface area contributed by atoms with Crippen LogP contribution in [0.1, 0.15) is 27.2 Å². The molecular formula is C15H21ClNO4S+. The summed E-state index contributed by atoms with van der Waals surface area (Å²) in [5, 5.41) is 0. The average Bonchev–Trinajstić information content (AvgIpc) is 2.36. The highest BCUT2D eigenvalue weighted by Gasteiger charge is 2.23. The van der Waals surface area contributed by atoms with E-state index in [1.807, 2.05) is 0 Å². The highest BCUT2D eigenvalue weighted by molar-refractivity contribution is 7.96. The van der Waals surface area contributed by atoms with Crippen molar-refractivity contribution in [2.45, 2.75) is 43.7 Å². The van der Waals surface area contributed by atoms with E-state index in [4.69, 9.17) is 16.3 Å². The Kier molecular flexibility index (Phi) is 6.17. The summed E-state index contributed by atoms with van der Waals surface area (Å²) in [6, 6.07) is 7.25. The summed E-state index contributed by atoms with van der Waals surface area (Å²) in [5.41, 5.74) is 3.13. The van der Waals surface area contributed by atoms with Gasteiger partial charge in [0.1, 0.15) is 22.4 Å². The van der Waals surface area contributed by atoms with E-state index in [1.165, 1.54) is 18.2 Å². The van der Waals surface area contributed by atoms with E-state index in [1.54, 1.807) is 39.0 Å². The molecule has 0 radical (unpaired) electrons. The van der Waals surface area contributed by atoms with Gasteiger partial charge in [0.15, 0.2) is 0 Å². The minimum absolute atomic E-state index is 0.0438. The number of sulfone groups is 1. The van der Waals surface area contributed by atoms with Crippen molar-refractivity contribution in [3.8, 4) is 0 Å². The van der Waals surface area contributed by atoms with Crippen LogP contribution in [0.15, 0.2) is 45.7 Å². The number of benzene rings is 1. The molecule has 0 unspecified atom stereocenters. The fourth-order valence-electron chi connectivity index (χ4n) is 1.64. The number of carbonyl (C=O) groups excluding carboxylic acids is 1. The fraction of sp³-hybridized carbons (Fsp3) is 0.400. The number of ether oxygens (including phenoxy) is 1. The summed E-state index contributed by atoms with van der Waals surface area (Å²) in [4.78, 5) is 11.8. The molecule has 1 rings (SSSR count). The SMILES string of the molecule is CC(C)(C)OC(=O)C[C@H]([NH3+])/C=C(\Cl)S(=O)(=O)c1ccccc1. The van der Waals surface area contributed by atoms with Crippen molar-refractivity contribution < 1.29 is 23.7 Å². The molecule has 122 valence electrons. The number of quaternary nitrogens is 1. The third-order valence-corrected chi connectivity index (χ3v) is 4.80. The van der Waals surface area contributed by atoms with Gasteiger partial charge in [-0.3, -0.25) is 4.79 Å². The maximum atomic E-state index is 12.2. The van der Waals surface area contributed by atoms with Gasteiger partial charge < -0.3 is 10.5 Å². The zero-order chi connectivity index (χ0) is 17.0. The Labute approximate surface area is 136 Å². The highest BCUT2D eigenvalue weighted by Crippen LogP contribution is 2.22. The predicted molar refractivity (Wildman–Crippen MR) is 84.7 cm³/mol. The molecule has 0 amide bonds. The number of hydrogen-bond acceptors (Lipinski definition) is 4. The smallest absolute Gasteiger partial charge is 0.312 e. The van der Waals surface area contributed by atoms with Crippen LogP contribution in [0, 0.1) is 0 Å². The van der Waals surface area contributed by atoms with E-state index < -0.39 is 27.4 Å². The van der Waals surface area contributed by atoms with Crippen molar-refractivity contribution in [3.05, 3.63) is 40.8 Å². The van der Waals surface area contributed by atoms with Crippen LogP contribution < -0.4 is 5.73 Å². The molecule has 0 aliphatic rings. The molecule has 0 aromatic heterocycles. The Bertz CT molecular complexity index is 648. The summed E-state index contributed by atoms with van der Waals surface area (Å²) in [6.07, 6.45) is 1.21. The van der Waals surface area contributed by atoms with E-state index in [0.717, 1.165) is 0 Å². The Morgan fingerprint density at radius 1 is 1.32 bits per heavy atom. The quantitative estimate of drug-likeness (QED) is 0.824. The van der Waals surface area contributed by atoms with E-state index in [9.17, 15) is 13.2 Å². The van der Waals surface area contributed by atoms with Crippen LogP contribution in [-0.4, -0.2) is 26.0 Å². The lowest BCUT2D eigenvalue weighted by Gasteiger charge is -2.19. The lowest BCUT2D eigenvalue weighted by atomic mass is 10.2. The van der Waals surface area contributed by atoms with Gasteiger partial charge in [0.25, 0.3) is 0 Å². The summed E-state index contributed by atoms with van der Waals surface area (Å²) in [5.74, 6) is -0.453. The second-order valence-corrected chi connectivity index (χ2v) is 8.39. The van der Waals surface area contributed by atoms with Crippen LogP contribution in [-0.2, 0) is 19.4 Å². The minimum atomic E-state index is -3.77. The molecule has 0 saturated carbocycles. The first kappa shape index (κ1) is 18.7. The monoisotopic (exact) mass is 346 g/mol. The Hall–Kier alpha value is -1.37. The molecule has 0 fully saturated rings. The first-order valence-corrected chi connectivity index (χ1v) is 8.61. The molecule has 3 N–H and O–H groups in total. The van der Waals surface area contributed by atoms with Crippen LogP contribution in [0.4, 0.5) is 0 Å². The van der Waals surface area contributed by atoms with Crippen molar-refractivity contribution in [2.75, 3.05) is 0 Å². The molecule has 0 aliphatic heterocycles. The zero-order valence-corrected chi connectivity index (χ0v) is 14.4. The van der Waals surface area contributed by atoms with Crippen molar-refractivity contribution in [1.82, 2.24) is 0 Å². The molecule has 0 spiro atoms. The molecular weight excluding hydrogens is 326 g/mol. The van der Waals surface area contributed by atoms with Gasteiger partial charge in [0.05, 0.1) is 4.90 Å². The van der Waals surface area contributed by atoms with Gasteiger partial charge in [0, 0.05) is 6.08 Å². The maximum Gasteiger partial charge on any atom is 0.312 e. The Balaban J connectivity index is 2.82. The molecule has 22 heavy (non-hydrogen) atoms.